The van der Waals surface area contributed by atoms with Crippen molar-refractivity contribution < 1.29 is 5.11 Å². The van der Waals surface area contributed by atoms with Crippen molar-refractivity contribution in [1.82, 2.24) is 10.2 Å². The van der Waals surface area contributed by atoms with E-state index in [1.54, 1.807) is 0 Å². The molecule has 1 atom stereocenters. The summed E-state index contributed by atoms with van der Waals surface area (Å²) >= 11 is 3.66. The molecule has 0 radical (unpaired) electrons. The van der Waals surface area contributed by atoms with Crippen LogP contribution in [0.25, 0.3) is 0 Å². The van der Waals surface area contributed by atoms with Crippen LogP contribution in [0, 0.1) is 12.8 Å². The monoisotopic (exact) mass is 338 g/mol. The van der Waals surface area contributed by atoms with Crippen molar-refractivity contribution in [2.75, 3.05) is 26.2 Å². The van der Waals surface area contributed by atoms with Gasteiger partial charge in [-0.25, -0.2) is 0 Å². The van der Waals surface area contributed by atoms with E-state index in [1.165, 1.54) is 19.3 Å². The molecule has 1 saturated heterocycles. The van der Waals surface area contributed by atoms with Gasteiger partial charge in [-0.3, -0.25) is 4.90 Å². The number of benzene rings is 1. The van der Waals surface area contributed by atoms with E-state index in [0.717, 1.165) is 47.7 Å². The van der Waals surface area contributed by atoms with Gasteiger partial charge < -0.3 is 10.4 Å². The molecule has 110 valence electrons. The summed E-state index contributed by atoms with van der Waals surface area (Å²) in [6.45, 7) is 6.21. The summed E-state index contributed by atoms with van der Waals surface area (Å²) in [7, 11) is 0. The van der Waals surface area contributed by atoms with Gasteiger partial charge in [-0.2, -0.15) is 0 Å². The van der Waals surface area contributed by atoms with Crippen LogP contribution < -0.4 is 5.32 Å². The third-order valence-corrected chi connectivity index (χ3v) is 5.24. The van der Waals surface area contributed by atoms with E-state index in [-0.39, 0.29) is 0 Å². The van der Waals surface area contributed by atoms with Gasteiger partial charge in [0.25, 0.3) is 0 Å². The van der Waals surface area contributed by atoms with Crippen LogP contribution in [0.15, 0.2) is 16.6 Å². The van der Waals surface area contributed by atoms with Gasteiger partial charge in [0.05, 0.1) is 0 Å². The lowest BCUT2D eigenvalue weighted by Crippen LogP contribution is -2.45. The van der Waals surface area contributed by atoms with Crippen LogP contribution >= 0.6 is 15.9 Å². The lowest BCUT2D eigenvalue weighted by Gasteiger charge is -2.36. The molecule has 2 fully saturated rings. The van der Waals surface area contributed by atoms with E-state index < -0.39 is 0 Å². The van der Waals surface area contributed by atoms with Crippen LogP contribution in [0.3, 0.4) is 0 Å². The number of aromatic hydroxyl groups is 1. The minimum atomic E-state index is 0.346. The maximum atomic E-state index is 10.5. The average Bonchev–Trinajstić information content (AvgIpc) is 3.27. The molecule has 0 bridgehead atoms. The first-order valence-electron chi connectivity index (χ1n) is 7.59. The highest BCUT2D eigenvalue weighted by Gasteiger charge is 2.33. The summed E-state index contributed by atoms with van der Waals surface area (Å²) < 4.78 is 1.05. The Morgan fingerprint density at radius 2 is 2.05 bits per heavy atom. The SMILES string of the molecule is Cc1ccc(Br)c([C@@H](CC2CC2)N2CCNCC2)c1O. The summed E-state index contributed by atoms with van der Waals surface area (Å²) in [4.78, 5) is 2.54. The smallest absolute Gasteiger partial charge is 0.124 e. The zero-order valence-corrected chi connectivity index (χ0v) is 13.6. The van der Waals surface area contributed by atoms with Crippen molar-refractivity contribution >= 4 is 15.9 Å². The molecule has 0 spiro atoms. The molecule has 1 aliphatic carbocycles. The first-order chi connectivity index (χ1) is 9.66. The van der Waals surface area contributed by atoms with Crippen molar-refractivity contribution in [2.24, 2.45) is 5.92 Å². The molecule has 0 aromatic heterocycles. The standard InChI is InChI=1S/C16H23BrN2O/c1-11-2-5-13(17)15(16(11)20)14(10-12-3-4-12)19-8-6-18-7-9-19/h2,5,12,14,18,20H,3-4,6-10H2,1H3/t14-/m1/s1. The Kier molecular flexibility index (Phi) is 4.34. The predicted molar refractivity (Wildman–Crippen MR) is 85.1 cm³/mol. The van der Waals surface area contributed by atoms with Crippen molar-refractivity contribution in [3.05, 3.63) is 27.7 Å². The van der Waals surface area contributed by atoms with Crippen molar-refractivity contribution in [3.8, 4) is 5.75 Å². The molecule has 1 heterocycles. The maximum Gasteiger partial charge on any atom is 0.124 e. The molecule has 2 N–H and O–H groups in total. The largest absolute Gasteiger partial charge is 0.507 e. The highest BCUT2D eigenvalue weighted by molar-refractivity contribution is 9.10. The Bertz CT molecular complexity index is 482. The molecular formula is C16H23BrN2O. The van der Waals surface area contributed by atoms with Crippen LogP contribution in [0.4, 0.5) is 0 Å². The molecule has 1 aromatic carbocycles. The number of hydrogen-bond acceptors (Lipinski definition) is 3. The predicted octanol–water partition coefficient (Wildman–Crippen LogP) is 3.21. The van der Waals surface area contributed by atoms with Crippen molar-refractivity contribution in [2.45, 2.75) is 32.2 Å². The molecule has 1 aromatic rings. The van der Waals surface area contributed by atoms with Crippen LogP contribution in [-0.4, -0.2) is 36.2 Å². The maximum absolute atomic E-state index is 10.5. The lowest BCUT2D eigenvalue weighted by molar-refractivity contribution is 0.157. The van der Waals surface area contributed by atoms with E-state index >= 15 is 0 Å². The van der Waals surface area contributed by atoms with Crippen molar-refractivity contribution in [3.63, 3.8) is 0 Å². The quantitative estimate of drug-likeness (QED) is 0.884. The number of aryl methyl sites for hydroxylation is 1. The Morgan fingerprint density at radius 1 is 1.35 bits per heavy atom. The zero-order valence-electron chi connectivity index (χ0n) is 12.0. The molecule has 1 saturated carbocycles. The third kappa shape index (κ3) is 3.02. The minimum Gasteiger partial charge on any atom is -0.507 e. The Hall–Kier alpha value is -0.580. The number of phenolic OH excluding ortho intramolecular Hbond substituents is 1. The molecule has 2 aliphatic rings. The number of nitrogens with one attached hydrogen (secondary N) is 1. The van der Waals surface area contributed by atoms with E-state index in [4.69, 9.17) is 0 Å². The van der Waals surface area contributed by atoms with Gasteiger partial charge in [0.2, 0.25) is 0 Å². The van der Waals surface area contributed by atoms with Crippen LogP contribution in [-0.2, 0) is 0 Å². The summed E-state index contributed by atoms with van der Waals surface area (Å²) in [5.41, 5.74) is 2.07. The van der Waals surface area contributed by atoms with Crippen LogP contribution in [0.1, 0.15) is 36.4 Å². The van der Waals surface area contributed by atoms with E-state index in [1.807, 2.05) is 13.0 Å². The van der Waals surface area contributed by atoms with E-state index in [9.17, 15) is 5.11 Å². The summed E-state index contributed by atoms with van der Waals surface area (Å²) in [6.07, 6.45) is 3.88. The molecule has 3 nitrogen and oxygen atoms in total. The molecule has 4 heteroatoms. The summed E-state index contributed by atoms with van der Waals surface area (Å²) in [5.74, 6) is 1.32. The van der Waals surface area contributed by atoms with E-state index in [0.29, 0.717) is 11.8 Å². The average molecular weight is 339 g/mol. The van der Waals surface area contributed by atoms with Gasteiger partial charge in [-0.05, 0) is 30.9 Å². The molecular weight excluding hydrogens is 316 g/mol. The first-order valence-corrected chi connectivity index (χ1v) is 8.39. The molecule has 20 heavy (non-hydrogen) atoms. The number of piperazine rings is 1. The lowest BCUT2D eigenvalue weighted by atomic mass is 9.96. The molecule has 1 aliphatic heterocycles. The second-order valence-corrected chi connectivity index (χ2v) is 6.96. The normalized spacial score (nSPS) is 21.9. The highest BCUT2D eigenvalue weighted by atomic mass is 79.9. The summed E-state index contributed by atoms with van der Waals surface area (Å²) in [5, 5.41) is 14.0. The number of hydrogen-bond donors (Lipinski definition) is 2. The van der Waals surface area contributed by atoms with Crippen LogP contribution in [0.2, 0.25) is 0 Å². The Balaban J connectivity index is 1.93. The highest BCUT2D eigenvalue weighted by Crippen LogP contribution is 2.45. The Labute approximate surface area is 129 Å². The third-order valence-electron chi connectivity index (χ3n) is 4.54. The number of halogens is 1. The van der Waals surface area contributed by atoms with E-state index in [2.05, 4.69) is 32.2 Å². The van der Waals surface area contributed by atoms with Gasteiger partial charge in [0.15, 0.2) is 0 Å². The number of rotatable bonds is 4. The van der Waals surface area contributed by atoms with Crippen LogP contribution in [0.5, 0.6) is 5.75 Å². The van der Waals surface area contributed by atoms with Crippen molar-refractivity contribution in [1.29, 1.82) is 0 Å². The van der Waals surface area contributed by atoms with Gasteiger partial charge in [0.1, 0.15) is 5.75 Å². The van der Waals surface area contributed by atoms with Gasteiger partial charge in [0, 0.05) is 42.3 Å². The van der Waals surface area contributed by atoms with Gasteiger partial charge in [-0.15, -0.1) is 0 Å². The fraction of sp³-hybridized carbons (Fsp3) is 0.625. The molecule has 3 rings (SSSR count). The number of nitrogens with zero attached hydrogens (tertiary/aromatic N) is 1. The second-order valence-electron chi connectivity index (χ2n) is 6.11. The fourth-order valence-electron chi connectivity index (χ4n) is 3.12. The van der Waals surface area contributed by atoms with Gasteiger partial charge >= 0.3 is 0 Å². The minimum absolute atomic E-state index is 0.346. The van der Waals surface area contributed by atoms with Gasteiger partial charge in [-0.1, -0.05) is 34.8 Å². The summed E-state index contributed by atoms with van der Waals surface area (Å²) in [6, 6.07) is 4.40. The molecule has 0 amide bonds. The zero-order chi connectivity index (χ0) is 14.1. The fourth-order valence-corrected chi connectivity index (χ4v) is 3.71. The number of phenols is 1. The second kappa shape index (κ2) is 6.04. The topological polar surface area (TPSA) is 35.5 Å². The molecule has 0 unspecified atom stereocenters. The Morgan fingerprint density at radius 3 is 2.70 bits per heavy atom. The first kappa shape index (κ1) is 14.4.